The highest BCUT2D eigenvalue weighted by atomic mass is 32.2. The van der Waals surface area contributed by atoms with Gasteiger partial charge in [0.15, 0.2) is 4.32 Å². The van der Waals surface area contributed by atoms with Crippen molar-refractivity contribution >= 4 is 51.7 Å². The van der Waals surface area contributed by atoms with E-state index in [0.29, 0.717) is 32.0 Å². The summed E-state index contributed by atoms with van der Waals surface area (Å²) in [6.07, 6.45) is 1.70. The molecule has 138 valence electrons. The molecular formula is C18H14N2O5S2. The van der Waals surface area contributed by atoms with Crippen molar-refractivity contribution in [1.82, 2.24) is 0 Å². The zero-order valence-electron chi connectivity index (χ0n) is 14.4. The molecular weight excluding hydrogens is 388 g/mol. The van der Waals surface area contributed by atoms with Gasteiger partial charge in [-0.15, -0.1) is 0 Å². The largest absolute Gasteiger partial charge is 0.497 e. The zero-order chi connectivity index (χ0) is 19.6. The van der Waals surface area contributed by atoms with E-state index in [-0.39, 0.29) is 11.6 Å². The molecule has 1 aliphatic rings. The first-order valence-corrected chi connectivity index (χ1v) is 8.91. The minimum Gasteiger partial charge on any atom is -0.497 e. The van der Waals surface area contributed by atoms with Crippen LogP contribution in [0.1, 0.15) is 5.56 Å². The number of thioether (sulfide) groups is 1. The fourth-order valence-corrected chi connectivity index (χ4v) is 3.78. The molecule has 0 bridgehead atoms. The van der Waals surface area contributed by atoms with Crippen LogP contribution in [0.15, 0.2) is 47.4 Å². The third-order valence-corrected chi connectivity index (χ3v) is 5.14. The Bertz CT molecular complexity index is 957. The van der Waals surface area contributed by atoms with E-state index >= 15 is 0 Å². The van der Waals surface area contributed by atoms with Gasteiger partial charge in [0.2, 0.25) is 0 Å². The van der Waals surface area contributed by atoms with Crippen molar-refractivity contribution < 1.29 is 19.2 Å². The van der Waals surface area contributed by atoms with Gasteiger partial charge in [0.25, 0.3) is 11.6 Å². The molecule has 0 unspecified atom stereocenters. The monoisotopic (exact) mass is 402 g/mol. The quantitative estimate of drug-likeness (QED) is 0.323. The molecule has 1 saturated heterocycles. The molecule has 0 aromatic heterocycles. The minimum absolute atomic E-state index is 0.0531. The van der Waals surface area contributed by atoms with Gasteiger partial charge in [-0.2, -0.15) is 0 Å². The number of nitro groups is 1. The normalized spacial score (nSPS) is 15.3. The number of carbonyl (C=O) groups is 1. The fraction of sp³-hybridized carbons (Fsp3) is 0.111. The van der Waals surface area contributed by atoms with Crippen molar-refractivity contribution in [1.29, 1.82) is 0 Å². The summed E-state index contributed by atoms with van der Waals surface area (Å²) in [4.78, 5) is 24.9. The Hall–Kier alpha value is -2.91. The van der Waals surface area contributed by atoms with Crippen LogP contribution in [0.2, 0.25) is 0 Å². The summed E-state index contributed by atoms with van der Waals surface area (Å²) in [6, 6.07) is 11.0. The standard InChI is InChI=1S/C18H14N2O5S2/c1-24-14-8-3-11(15(10-14)25-2)9-16-17(21)19(18(26)27-16)12-4-6-13(7-5-12)20(22)23/h3-10H,1-2H3. The van der Waals surface area contributed by atoms with Gasteiger partial charge in [0.1, 0.15) is 11.5 Å². The van der Waals surface area contributed by atoms with Crippen molar-refractivity contribution in [2.75, 3.05) is 19.1 Å². The summed E-state index contributed by atoms with van der Waals surface area (Å²) in [5.41, 5.74) is 1.14. The second-order valence-corrected chi connectivity index (χ2v) is 7.07. The summed E-state index contributed by atoms with van der Waals surface area (Å²) >= 11 is 6.48. The number of benzene rings is 2. The summed E-state index contributed by atoms with van der Waals surface area (Å²) in [5, 5.41) is 10.8. The molecule has 27 heavy (non-hydrogen) atoms. The molecule has 2 aromatic rings. The lowest BCUT2D eigenvalue weighted by Gasteiger charge is -2.14. The molecule has 2 aromatic carbocycles. The number of anilines is 1. The third-order valence-electron chi connectivity index (χ3n) is 3.84. The van der Waals surface area contributed by atoms with Crippen LogP contribution in [0.4, 0.5) is 11.4 Å². The number of ether oxygens (including phenoxy) is 2. The van der Waals surface area contributed by atoms with Gasteiger partial charge in [-0.1, -0.05) is 24.0 Å². The molecule has 0 N–H and O–H groups in total. The average molecular weight is 402 g/mol. The number of amides is 1. The second kappa shape index (κ2) is 7.77. The van der Waals surface area contributed by atoms with Crippen LogP contribution in [0, 0.1) is 10.1 Å². The fourth-order valence-electron chi connectivity index (χ4n) is 2.49. The van der Waals surface area contributed by atoms with E-state index in [1.807, 2.05) is 0 Å². The molecule has 7 nitrogen and oxygen atoms in total. The van der Waals surface area contributed by atoms with Crippen LogP contribution in [0.3, 0.4) is 0 Å². The van der Waals surface area contributed by atoms with Crippen LogP contribution in [-0.4, -0.2) is 29.4 Å². The average Bonchev–Trinajstić information content (AvgIpc) is 2.95. The van der Waals surface area contributed by atoms with Crippen molar-refractivity contribution in [2.24, 2.45) is 0 Å². The number of carbonyl (C=O) groups excluding carboxylic acids is 1. The lowest BCUT2D eigenvalue weighted by Crippen LogP contribution is -2.27. The molecule has 1 heterocycles. The van der Waals surface area contributed by atoms with Crippen LogP contribution in [0.25, 0.3) is 6.08 Å². The number of nitrogens with zero attached hydrogens (tertiary/aromatic N) is 2. The summed E-state index contributed by atoms with van der Waals surface area (Å²) < 4.78 is 10.9. The Morgan fingerprint density at radius 3 is 2.44 bits per heavy atom. The molecule has 0 saturated carbocycles. The predicted molar refractivity (Wildman–Crippen MR) is 108 cm³/mol. The van der Waals surface area contributed by atoms with E-state index in [1.54, 1.807) is 31.4 Å². The van der Waals surface area contributed by atoms with Crippen molar-refractivity contribution in [3.63, 3.8) is 0 Å². The van der Waals surface area contributed by atoms with E-state index in [1.165, 1.54) is 36.3 Å². The molecule has 1 fully saturated rings. The van der Waals surface area contributed by atoms with Gasteiger partial charge in [-0.05, 0) is 30.3 Å². The lowest BCUT2D eigenvalue weighted by atomic mass is 10.1. The van der Waals surface area contributed by atoms with E-state index < -0.39 is 4.92 Å². The van der Waals surface area contributed by atoms with Gasteiger partial charge in [-0.25, -0.2) is 0 Å². The summed E-state index contributed by atoms with van der Waals surface area (Å²) in [6.45, 7) is 0. The molecule has 9 heteroatoms. The zero-order valence-corrected chi connectivity index (χ0v) is 16.0. The van der Waals surface area contributed by atoms with Crippen molar-refractivity contribution in [3.05, 3.63) is 63.0 Å². The van der Waals surface area contributed by atoms with Gasteiger partial charge >= 0.3 is 0 Å². The number of hydrogen-bond acceptors (Lipinski definition) is 7. The Balaban J connectivity index is 1.92. The number of methoxy groups -OCH3 is 2. The first kappa shape index (κ1) is 18.9. The first-order chi connectivity index (χ1) is 12.9. The van der Waals surface area contributed by atoms with Crippen molar-refractivity contribution in [2.45, 2.75) is 0 Å². The van der Waals surface area contributed by atoms with Gasteiger partial charge in [0, 0.05) is 23.8 Å². The molecule has 0 aliphatic carbocycles. The van der Waals surface area contributed by atoms with E-state index in [2.05, 4.69) is 0 Å². The van der Waals surface area contributed by atoms with Crippen LogP contribution in [0.5, 0.6) is 11.5 Å². The van der Waals surface area contributed by atoms with Gasteiger partial charge in [-0.3, -0.25) is 19.8 Å². The van der Waals surface area contributed by atoms with Crippen LogP contribution < -0.4 is 14.4 Å². The Morgan fingerprint density at radius 2 is 1.85 bits per heavy atom. The number of rotatable bonds is 5. The highest BCUT2D eigenvalue weighted by molar-refractivity contribution is 8.27. The van der Waals surface area contributed by atoms with Gasteiger partial charge < -0.3 is 9.47 Å². The molecule has 0 radical (unpaired) electrons. The lowest BCUT2D eigenvalue weighted by molar-refractivity contribution is -0.384. The third kappa shape index (κ3) is 3.79. The van der Waals surface area contributed by atoms with E-state index in [4.69, 9.17) is 21.7 Å². The van der Waals surface area contributed by atoms with E-state index in [0.717, 1.165) is 11.8 Å². The Kier molecular flexibility index (Phi) is 5.43. The topological polar surface area (TPSA) is 81.9 Å². The molecule has 0 spiro atoms. The maximum Gasteiger partial charge on any atom is 0.270 e. The van der Waals surface area contributed by atoms with Crippen LogP contribution >= 0.6 is 24.0 Å². The molecule has 1 amide bonds. The number of non-ortho nitro benzene ring substituents is 1. The van der Waals surface area contributed by atoms with Crippen LogP contribution in [-0.2, 0) is 4.79 Å². The Labute approximate surface area is 164 Å². The smallest absolute Gasteiger partial charge is 0.270 e. The highest BCUT2D eigenvalue weighted by Crippen LogP contribution is 2.38. The maximum atomic E-state index is 12.8. The second-order valence-electron chi connectivity index (χ2n) is 5.40. The number of hydrogen-bond donors (Lipinski definition) is 0. The molecule has 3 rings (SSSR count). The number of nitro benzene ring substituents is 1. The predicted octanol–water partition coefficient (Wildman–Crippen LogP) is 4.02. The minimum atomic E-state index is -0.496. The maximum absolute atomic E-state index is 12.8. The summed E-state index contributed by atoms with van der Waals surface area (Å²) in [5.74, 6) is 0.911. The van der Waals surface area contributed by atoms with Crippen molar-refractivity contribution in [3.8, 4) is 11.5 Å². The SMILES string of the molecule is COc1ccc(C=C2SC(=S)N(c3ccc([N+](=O)[O-])cc3)C2=O)c(OC)c1. The molecule has 0 atom stereocenters. The van der Waals surface area contributed by atoms with E-state index in [9.17, 15) is 14.9 Å². The van der Waals surface area contributed by atoms with Gasteiger partial charge in [0.05, 0.1) is 29.7 Å². The Morgan fingerprint density at radius 1 is 1.15 bits per heavy atom. The number of thiocarbonyl (C=S) groups is 1. The first-order valence-electron chi connectivity index (χ1n) is 7.69. The summed E-state index contributed by atoms with van der Waals surface area (Å²) in [7, 11) is 3.10. The molecule has 1 aliphatic heterocycles. The highest BCUT2D eigenvalue weighted by Gasteiger charge is 2.33.